The van der Waals surface area contributed by atoms with E-state index in [1.807, 2.05) is 0 Å². The maximum absolute atomic E-state index is 8.29. The summed E-state index contributed by atoms with van der Waals surface area (Å²) in [5.41, 5.74) is 0. The van der Waals surface area contributed by atoms with Gasteiger partial charge in [-0.2, -0.15) is 0 Å². The van der Waals surface area contributed by atoms with Crippen LogP contribution in [0.5, 0.6) is 5.75 Å². The number of ether oxygens (including phenoxy) is 1. The first-order valence-corrected chi connectivity index (χ1v) is 2.63. The van der Waals surface area contributed by atoms with E-state index in [0.29, 0.717) is 5.75 Å². The lowest BCUT2D eigenvalue weighted by Crippen LogP contribution is -1.93. The zero-order chi connectivity index (χ0) is 6.53. The van der Waals surface area contributed by atoms with Crippen molar-refractivity contribution in [2.24, 2.45) is 0 Å². The van der Waals surface area contributed by atoms with Crippen molar-refractivity contribution in [2.45, 2.75) is 0 Å². The second-order valence-corrected chi connectivity index (χ2v) is 1.51. The van der Waals surface area contributed by atoms with E-state index in [9.17, 15) is 0 Å². The van der Waals surface area contributed by atoms with Gasteiger partial charge < -0.3 is 9.84 Å². The molecule has 1 rings (SSSR count). The van der Waals surface area contributed by atoms with Crippen LogP contribution in [0.25, 0.3) is 0 Å². The Hall–Kier alpha value is -1.02. The van der Waals surface area contributed by atoms with Crippen LogP contribution in [0.1, 0.15) is 0 Å². The Morgan fingerprint density at radius 1 is 1.44 bits per heavy atom. The molecule has 0 spiro atoms. The summed E-state index contributed by atoms with van der Waals surface area (Å²) < 4.78 is 4.74. The maximum Gasteiger partial charge on any atom is 0.186 e. The smallest absolute Gasteiger partial charge is 0.186 e. The average molecular weight is 123 g/mol. The molecule has 0 aliphatic carbocycles. The van der Waals surface area contributed by atoms with Gasteiger partial charge in [-0.15, -0.1) is 0 Å². The second kappa shape index (κ2) is 3.10. The molecule has 0 aliphatic rings. The Labute approximate surface area is 53.7 Å². The van der Waals surface area contributed by atoms with E-state index >= 15 is 0 Å². The number of hydrogen-bond acceptors (Lipinski definition) is 2. The van der Waals surface area contributed by atoms with Gasteiger partial charge in [-0.3, -0.25) is 0 Å². The summed E-state index contributed by atoms with van der Waals surface area (Å²) in [5, 5.41) is 8.29. The Kier molecular flexibility index (Phi) is 2.10. The van der Waals surface area contributed by atoms with Crippen LogP contribution in [0.3, 0.4) is 0 Å². The highest BCUT2D eigenvalue weighted by Crippen LogP contribution is 2.06. The topological polar surface area (TPSA) is 29.5 Å². The molecule has 0 heterocycles. The minimum absolute atomic E-state index is 0.274. The molecule has 47 valence electrons. The fourth-order valence-electron chi connectivity index (χ4n) is 0.542. The van der Waals surface area contributed by atoms with Gasteiger partial charge in [0.05, 0.1) is 0 Å². The highest BCUT2D eigenvalue weighted by molar-refractivity contribution is 5.19. The first kappa shape index (κ1) is 6.11. The molecular formula is C7H7O2. The zero-order valence-electron chi connectivity index (χ0n) is 4.87. The number of aliphatic hydroxyl groups excluding tert-OH is 1. The highest BCUT2D eigenvalue weighted by Gasteiger charge is 1.84. The summed E-state index contributed by atoms with van der Waals surface area (Å²) in [7, 11) is 0. The van der Waals surface area contributed by atoms with Crippen LogP contribution in [-0.4, -0.2) is 11.9 Å². The molecule has 0 aliphatic heterocycles. The zero-order valence-corrected chi connectivity index (χ0v) is 4.87. The van der Waals surface area contributed by atoms with E-state index in [2.05, 4.69) is 6.07 Å². The van der Waals surface area contributed by atoms with Gasteiger partial charge in [-0.05, 0) is 18.2 Å². The molecule has 0 unspecified atom stereocenters. The van der Waals surface area contributed by atoms with Crippen molar-refractivity contribution in [1.29, 1.82) is 0 Å². The molecule has 0 fully saturated rings. The van der Waals surface area contributed by atoms with Gasteiger partial charge in [0.2, 0.25) is 0 Å². The van der Waals surface area contributed by atoms with E-state index in [4.69, 9.17) is 9.84 Å². The lowest BCUT2D eigenvalue weighted by atomic mass is 10.3. The molecule has 2 nitrogen and oxygen atoms in total. The van der Waals surface area contributed by atoms with Crippen LogP contribution in [0.2, 0.25) is 0 Å². The van der Waals surface area contributed by atoms with E-state index in [1.54, 1.807) is 24.3 Å². The van der Waals surface area contributed by atoms with Crippen molar-refractivity contribution in [1.82, 2.24) is 0 Å². The van der Waals surface area contributed by atoms with E-state index < -0.39 is 0 Å². The maximum atomic E-state index is 8.29. The quantitative estimate of drug-likeness (QED) is 0.590. The van der Waals surface area contributed by atoms with Crippen molar-refractivity contribution in [2.75, 3.05) is 6.79 Å². The van der Waals surface area contributed by atoms with Crippen LogP contribution in [0, 0.1) is 6.07 Å². The summed E-state index contributed by atoms with van der Waals surface area (Å²) in [4.78, 5) is 0. The molecule has 1 radical (unpaired) electrons. The standard InChI is InChI=1S/C7H7O2/c8-6-9-7-4-2-1-3-5-7/h2-5,8H,6H2. The third-order valence-electron chi connectivity index (χ3n) is 0.919. The Morgan fingerprint density at radius 2 is 2.11 bits per heavy atom. The molecular weight excluding hydrogens is 116 g/mol. The largest absolute Gasteiger partial charge is 0.468 e. The van der Waals surface area contributed by atoms with E-state index in [-0.39, 0.29) is 6.79 Å². The Morgan fingerprint density at radius 3 is 2.67 bits per heavy atom. The number of aliphatic hydroxyl groups is 1. The van der Waals surface area contributed by atoms with Crippen molar-refractivity contribution in [3.05, 3.63) is 30.3 Å². The third-order valence-corrected chi connectivity index (χ3v) is 0.919. The van der Waals surface area contributed by atoms with Gasteiger partial charge in [0.15, 0.2) is 6.79 Å². The van der Waals surface area contributed by atoms with Gasteiger partial charge in [0.25, 0.3) is 0 Å². The van der Waals surface area contributed by atoms with Crippen molar-refractivity contribution >= 4 is 0 Å². The molecule has 0 saturated carbocycles. The molecule has 2 heteroatoms. The minimum atomic E-state index is -0.274. The number of benzene rings is 1. The molecule has 0 amide bonds. The lowest BCUT2D eigenvalue weighted by Gasteiger charge is -1.98. The molecule has 9 heavy (non-hydrogen) atoms. The van der Waals surface area contributed by atoms with E-state index in [0.717, 1.165) is 0 Å². The Bertz CT molecular complexity index is 160. The minimum Gasteiger partial charge on any atom is -0.468 e. The van der Waals surface area contributed by atoms with Gasteiger partial charge in [0, 0.05) is 0 Å². The van der Waals surface area contributed by atoms with Gasteiger partial charge in [0.1, 0.15) is 5.75 Å². The van der Waals surface area contributed by atoms with Gasteiger partial charge in [-0.25, -0.2) is 0 Å². The van der Waals surface area contributed by atoms with Crippen molar-refractivity contribution < 1.29 is 9.84 Å². The molecule has 1 aromatic carbocycles. The predicted octanol–water partition coefficient (Wildman–Crippen LogP) is 0.815. The lowest BCUT2D eigenvalue weighted by molar-refractivity contribution is 0.0985. The summed E-state index contributed by atoms with van der Waals surface area (Å²) in [6.07, 6.45) is 0. The molecule has 0 atom stereocenters. The highest BCUT2D eigenvalue weighted by atomic mass is 16.6. The predicted molar refractivity (Wildman–Crippen MR) is 33.0 cm³/mol. The molecule has 1 N–H and O–H groups in total. The van der Waals surface area contributed by atoms with Gasteiger partial charge >= 0.3 is 0 Å². The van der Waals surface area contributed by atoms with Crippen LogP contribution in [0.4, 0.5) is 0 Å². The number of rotatable bonds is 2. The van der Waals surface area contributed by atoms with E-state index in [1.165, 1.54) is 0 Å². The molecule has 0 saturated heterocycles. The van der Waals surface area contributed by atoms with Crippen LogP contribution in [-0.2, 0) is 0 Å². The fourth-order valence-corrected chi connectivity index (χ4v) is 0.542. The normalized spacial score (nSPS) is 9.00. The molecule has 0 bridgehead atoms. The molecule has 0 aromatic heterocycles. The number of hydrogen-bond donors (Lipinski definition) is 1. The van der Waals surface area contributed by atoms with Gasteiger partial charge in [-0.1, -0.05) is 12.1 Å². The van der Waals surface area contributed by atoms with Crippen LogP contribution < -0.4 is 4.74 Å². The third kappa shape index (κ3) is 1.74. The molecule has 1 aromatic rings. The SMILES string of the molecule is OCOc1cc[c]cc1. The second-order valence-electron chi connectivity index (χ2n) is 1.51. The van der Waals surface area contributed by atoms with Crippen molar-refractivity contribution in [3.63, 3.8) is 0 Å². The summed E-state index contributed by atoms with van der Waals surface area (Å²) in [6, 6.07) is 9.75. The first-order chi connectivity index (χ1) is 4.43. The van der Waals surface area contributed by atoms with Crippen LogP contribution in [0.15, 0.2) is 24.3 Å². The average Bonchev–Trinajstić information content (AvgIpc) is 1.91. The summed E-state index contributed by atoms with van der Waals surface area (Å²) in [5.74, 6) is 0.663. The van der Waals surface area contributed by atoms with Crippen LogP contribution >= 0.6 is 0 Å². The Balaban J connectivity index is 2.61. The fraction of sp³-hybridized carbons (Fsp3) is 0.143. The summed E-state index contributed by atoms with van der Waals surface area (Å²) in [6.45, 7) is -0.274. The first-order valence-electron chi connectivity index (χ1n) is 2.63. The summed E-state index contributed by atoms with van der Waals surface area (Å²) >= 11 is 0. The monoisotopic (exact) mass is 123 g/mol. The van der Waals surface area contributed by atoms with Crippen molar-refractivity contribution in [3.8, 4) is 5.75 Å².